The molecule has 6 heteroatoms. The zero-order valence-electron chi connectivity index (χ0n) is 14.9. The third-order valence-electron chi connectivity index (χ3n) is 4.56. The van der Waals surface area contributed by atoms with E-state index in [0.29, 0.717) is 0 Å². The Kier molecular flexibility index (Phi) is 6.85. The zero-order valence-corrected chi connectivity index (χ0v) is 14.9. The van der Waals surface area contributed by atoms with Gasteiger partial charge in [0.15, 0.2) is 0 Å². The van der Waals surface area contributed by atoms with Crippen LogP contribution in [0, 0.1) is 5.92 Å². The third kappa shape index (κ3) is 4.60. The Morgan fingerprint density at radius 1 is 1.42 bits per heavy atom. The molecule has 0 saturated heterocycles. The van der Waals surface area contributed by atoms with Crippen molar-refractivity contribution in [3.63, 3.8) is 0 Å². The normalized spacial score (nSPS) is 22.8. The average molecular weight is 335 g/mol. The van der Waals surface area contributed by atoms with Crippen molar-refractivity contribution in [2.24, 2.45) is 11.0 Å². The summed E-state index contributed by atoms with van der Waals surface area (Å²) in [4.78, 5) is 13.3. The summed E-state index contributed by atoms with van der Waals surface area (Å²) >= 11 is 0. The minimum Gasteiger partial charge on any atom is -0.440 e. The molecule has 24 heavy (non-hydrogen) atoms. The van der Waals surface area contributed by atoms with Gasteiger partial charge in [-0.1, -0.05) is 25.3 Å². The van der Waals surface area contributed by atoms with Crippen LogP contribution in [0.3, 0.4) is 0 Å². The SMILES string of the molecule is CC(OC(=O)N(C)C)C1=C2CCCCCCC2C(/C=C\CO)=NN1. The number of nitrogens with zero attached hydrogens (tertiary/aromatic N) is 2. The molecule has 2 aliphatic rings. The van der Waals surface area contributed by atoms with E-state index in [9.17, 15) is 4.79 Å². The molecular weight excluding hydrogens is 306 g/mol. The largest absolute Gasteiger partial charge is 0.440 e. The second kappa shape index (κ2) is 8.87. The Labute approximate surface area is 144 Å². The third-order valence-corrected chi connectivity index (χ3v) is 4.56. The predicted octanol–water partition coefficient (Wildman–Crippen LogP) is 2.81. The predicted molar refractivity (Wildman–Crippen MR) is 94.6 cm³/mol. The van der Waals surface area contributed by atoms with Crippen molar-refractivity contribution in [2.75, 3.05) is 20.7 Å². The van der Waals surface area contributed by atoms with Gasteiger partial charge in [0.2, 0.25) is 0 Å². The number of hydrogen-bond donors (Lipinski definition) is 2. The van der Waals surface area contributed by atoms with Crippen molar-refractivity contribution < 1.29 is 14.6 Å². The van der Waals surface area contributed by atoms with Crippen LogP contribution in [0.25, 0.3) is 0 Å². The minimum atomic E-state index is -0.357. The number of aliphatic hydroxyl groups excluding tert-OH is 1. The summed E-state index contributed by atoms with van der Waals surface area (Å²) in [5.41, 5.74) is 6.27. The quantitative estimate of drug-likeness (QED) is 0.828. The summed E-state index contributed by atoms with van der Waals surface area (Å²) in [6.07, 6.45) is 9.72. The molecule has 0 radical (unpaired) electrons. The molecule has 0 aromatic rings. The van der Waals surface area contributed by atoms with Gasteiger partial charge in [-0.15, -0.1) is 0 Å². The zero-order chi connectivity index (χ0) is 17.5. The minimum absolute atomic E-state index is 0.00843. The van der Waals surface area contributed by atoms with Gasteiger partial charge in [-0.3, -0.25) is 5.43 Å². The van der Waals surface area contributed by atoms with E-state index < -0.39 is 0 Å². The fourth-order valence-corrected chi connectivity index (χ4v) is 3.28. The molecule has 2 N–H and O–H groups in total. The van der Waals surface area contributed by atoms with Crippen LogP contribution in [0.15, 0.2) is 28.5 Å². The van der Waals surface area contributed by atoms with Gasteiger partial charge in [-0.25, -0.2) is 4.79 Å². The van der Waals surface area contributed by atoms with Crippen LogP contribution in [-0.4, -0.2) is 48.6 Å². The van der Waals surface area contributed by atoms with Gasteiger partial charge in [-0.2, -0.15) is 5.10 Å². The first-order valence-electron chi connectivity index (χ1n) is 8.76. The molecule has 1 fully saturated rings. The van der Waals surface area contributed by atoms with Crippen LogP contribution < -0.4 is 5.43 Å². The number of ether oxygens (including phenoxy) is 1. The smallest absolute Gasteiger partial charge is 0.409 e. The highest BCUT2D eigenvalue weighted by Gasteiger charge is 2.30. The van der Waals surface area contributed by atoms with E-state index >= 15 is 0 Å². The molecule has 1 amide bonds. The molecular formula is C18H29N3O3. The molecule has 2 rings (SSSR count). The van der Waals surface area contributed by atoms with Crippen molar-refractivity contribution in [1.82, 2.24) is 10.3 Å². The number of allylic oxidation sites excluding steroid dienone is 2. The molecule has 0 spiro atoms. The van der Waals surface area contributed by atoms with Gasteiger partial charge in [0.25, 0.3) is 0 Å². The number of carbonyl (C=O) groups is 1. The van der Waals surface area contributed by atoms with E-state index in [1.807, 2.05) is 13.0 Å². The van der Waals surface area contributed by atoms with E-state index in [-0.39, 0.29) is 24.7 Å². The van der Waals surface area contributed by atoms with Gasteiger partial charge >= 0.3 is 6.09 Å². The summed E-state index contributed by atoms with van der Waals surface area (Å²) in [6, 6.07) is 0. The Balaban J connectivity index is 2.25. The fraction of sp³-hybridized carbons (Fsp3) is 0.667. The van der Waals surface area contributed by atoms with Crippen molar-refractivity contribution >= 4 is 11.8 Å². The van der Waals surface area contributed by atoms with Gasteiger partial charge in [0, 0.05) is 20.0 Å². The number of amides is 1. The standard InChI is InChI=1S/C18H29N3O3/c1-13(24-18(23)21(2)3)17-15-10-7-5-4-6-9-14(15)16(19-20-17)11-8-12-22/h8,11,13-14,20,22H,4-7,9-10,12H2,1-3H3/b11-8-. The van der Waals surface area contributed by atoms with Gasteiger partial charge < -0.3 is 14.7 Å². The maximum Gasteiger partial charge on any atom is 0.409 e. The Morgan fingerprint density at radius 2 is 2.17 bits per heavy atom. The molecule has 2 atom stereocenters. The lowest BCUT2D eigenvalue weighted by atomic mass is 9.80. The molecule has 1 aliphatic heterocycles. The van der Waals surface area contributed by atoms with Crippen LogP contribution in [0.2, 0.25) is 0 Å². The van der Waals surface area contributed by atoms with Crippen LogP contribution >= 0.6 is 0 Å². The molecule has 1 aliphatic carbocycles. The number of nitrogens with one attached hydrogen (secondary N) is 1. The maximum absolute atomic E-state index is 11.9. The first kappa shape index (κ1) is 18.5. The van der Waals surface area contributed by atoms with Gasteiger partial charge in [0.05, 0.1) is 18.0 Å². The second-order valence-electron chi connectivity index (χ2n) is 6.60. The number of fused-ring (bicyclic) bond motifs is 1. The van der Waals surface area contributed by atoms with Gasteiger partial charge in [-0.05, 0) is 37.8 Å². The summed E-state index contributed by atoms with van der Waals surface area (Å²) in [6.45, 7) is 1.89. The molecule has 0 bridgehead atoms. The van der Waals surface area contributed by atoms with Gasteiger partial charge in [0.1, 0.15) is 6.10 Å². The first-order valence-corrected chi connectivity index (χ1v) is 8.76. The van der Waals surface area contributed by atoms with Crippen molar-refractivity contribution in [1.29, 1.82) is 0 Å². The fourth-order valence-electron chi connectivity index (χ4n) is 3.28. The van der Waals surface area contributed by atoms with Crippen LogP contribution in [-0.2, 0) is 4.74 Å². The molecule has 1 saturated carbocycles. The lowest BCUT2D eigenvalue weighted by Gasteiger charge is -2.32. The van der Waals surface area contributed by atoms with E-state index in [1.165, 1.54) is 29.7 Å². The van der Waals surface area contributed by atoms with E-state index in [1.54, 1.807) is 20.2 Å². The monoisotopic (exact) mass is 335 g/mol. The van der Waals surface area contributed by atoms with Crippen LogP contribution in [0.1, 0.15) is 45.4 Å². The van der Waals surface area contributed by atoms with E-state index in [0.717, 1.165) is 30.7 Å². The van der Waals surface area contributed by atoms with Crippen molar-refractivity contribution in [3.05, 3.63) is 23.4 Å². The maximum atomic E-state index is 11.9. The summed E-state index contributed by atoms with van der Waals surface area (Å²) < 4.78 is 5.53. The van der Waals surface area contributed by atoms with Crippen LogP contribution in [0.5, 0.6) is 0 Å². The highest BCUT2D eigenvalue weighted by Crippen LogP contribution is 2.34. The summed E-state index contributed by atoms with van der Waals surface area (Å²) in [5, 5.41) is 13.5. The number of hydrogen-bond acceptors (Lipinski definition) is 5. The number of carbonyl (C=O) groups excluding carboxylic acids is 1. The number of rotatable bonds is 4. The lowest BCUT2D eigenvalue weighted by molar-refractivity contribution is 0.0928. The van der Waals surface area contributed by atoms with Crippen LogP contribution in [0.4, 0.5) is 4.79 Å². The van der Waals surface area contributed by atoms with Crippen molar-refractivity contribution in [3.8, 4) is 0 Å². The highest BCUT2D eigenvalue weighted by molar-refractivity contribution is 5.99. The van der Waals surface area contributed by atoms with E-state index in [2.05, 4.69) is 10.5 Å². The Bertz CT molecular complexity index is 538. The number of hydrazone groups is 1. The molecule has 1 heterocycles. The Morgan fingerprint density at radius 3 is 2.88 bits per heavy atom. The summed E-state index contributed by atoms with van der Waals surface area (Å²) in [7, 11) is 3.35. The van der Waals surface area contributed by atoms with Crippen molar-refractivity contribution in [2.45, 2.75) is 51.6 Å². The second-order valence-corrected chi connectivity index (χ2v) is 6.60. The lowest BCUT2D eigenvalue weighted by Crippen LogP contribution is -2.36. The Hall–Kier alpha value is -1.82. The molecule has 2 unspecified atom stereocenters. The highest BCUT2D eigenvalue weighted by atomic mass is 16.6. The molecule has 0 aromatic carbocycles. The molecule has 134 valence electrons. The molecule has 6 nitrogen and oxygen atoms in total. The average Bonchev–Trinajstić information content (AvgIpc) is 2.52. The summed E-state index contributed by atoms with van der Waals surface area (Å²) in [5.74, 6) is 0.241. The topological polar surface area (TPSA) is 74.2 Å². The number of aliphatic hydroxyl groups is 1. The first-order chi connectivity index (χ1) is 11.5. The van der Waals surface area contributed by atoms with E-state index in [4.69, 9.17) is 9.84 Å². The molecule has 0 aromatic heterocycles.